The Morgan fingerprint density at radius 1 is 0.933 bits per heavy atom. The van der Waals surface area contributed by atoms with E-state index in [1.807, 2.05) is 24.3 Å². The van der Waals surface area contributed by atoms with Gasteiger partial charge in [-0.2, -0.15) is 0 Å². The van der Waals surface area contributed by atoms with Gasteiger partial charge in [0, 0.05) is 5.92 Å². The van der Waals surface area contributed by atoms with Crippen molar-refractivity contribution >= 4 is 12.1 Å². The standard InChI is InChI=1S/C25H21NO4/c27-24(28)16-9-11-17-15(13-16)10-12-23(17)26-25(29)30-14-22-20-7-3-1-5-18(20)19-6-2-4-8-21(19)22/h1-9,11,13,22-23H,10,12,14H2,(H,26,29)(H,27,28). The normalized spacial score (nSPS) is 16.5. The van der Waals surface area contributed by atoms with Gasteiger partial charge in [0.1, 0.15) is 6.61 Å². The Labute approximate surface area is 174 Å². The number of amides is 1. The zero-order valence-electron chi connectivity index (χ0n) is 16.3. The van der Waals surface area contributed by atoms with Crippen LogP contribution in [0, 0.1) is 0 Å². The summed E-state index contributed by atoms with van der Waals surface area (Å²) >= 11 is 0. The zero-order chi connectivity index (χ0) is 20.7. The molecule has 2 aliphatic carbocycles. The second-order valence-electron chi connectivity index (χ2n) is 7.78. The highest BCUT2D eigenvalue weighted by Gasteiger charge is 2.30. The van der Waals surface area contributed by atoms with Gasteiger partial charge < -0.3 is 15.2 Å². The number of benzene rings is 3. The van der Waals surface area contributed by atoms with Crippen LogP contribution in [-0.2, 0) is 11.2 Å². The summed E-state index contributed by atoms with van der Waals surface area (Å²) in [4.78, 5) is 23.7. The van der Waals surface area contributed by atoms with E-state index in [1.165, 1.54) is 22.3 Å². The molecule has 5 rings (SSSR count). The van der Waals surface area contributed by atoms with Gasteiger partial charge in [-0.1, -0.05) is 54.6 Å². The van der Waals surface area contributed by atoms with E-state index in [1.54, 1.807) is 18.2 Å². The number of hydrogen-bond acceptors (Lipinski definition) is 3. The Kier molecular flexibility index (Phi) is 4.51. The lowest BCUT2D eigenvalue weighted by molar-refractivity contribution is 0.0696. The fourth-order valence-corrected chi connectivity index (χ4v) is 4.68. The summed E-state index contributed by atoms with van der Waals surface area (Å²) in [5, 5.41) is 12.1. The van der Waals surface area contributed by atoms with Crippen molar-refractivity contribution in [2.24, 2.45) is 0 Å². The van der Waals surface area contributed by atoms with Crippen molar-refractivity contribution in [1.29, 1.82) is 0 Å². The number of ether oxygens (including phenoxy) is 1. The highest BCUT2D eigenvalue weighted by Crippen LogP contribution is 2.44. The average molecular weight is 399 g/mol. The molecule has 0 bridgehead atoms. The van der Waals surface area contributed by atoms with E-state index in [9.17, 15) is 9.59 Å². The van der Waals surface area contributed by atoms with Crippen molar-refractivity contribution in [2.45, 2.75) is 24.8 Å². The van der Waals surface area contributed by atoms with Gasteiger partial charge in [0.05, 0.1) is 11.6 Å². The Bertz CT molecular complexity index is 1110. The number of carboxylic acids is 1. The van der Waals surface area contributed by atoms with Crippen LogP contribution in [0.15, 0.2) is 66.7 Å². The van der Waals surface area contributed by atoms with Gasteiger partial charge in [-0.3, -0.25) is 0 Å². The molecule has 5 heteroatoms. The van der Waals surface area contributed by atoms with Crippen molar-refractivity contribution < 1.29 is 19.4 Å². The minimum Gasteiger partial charge on any atom is -0.478 e. The fourth-order valence-electron chi connectivity index (χ4n) is 4.68. The molecule has 0 radical (unpaired) electrons. The molecule has 30 heavy (non-hydrogen) atoms. The summed E-state index contributed by atoms with van der Waals surface area (Å²) in [7, 11) is 0. The van der Waals surface area contributed by atoms with Crippen LogP contribution in [0.4, 0.5) is 4.79 Å². The Morgan fingerprint density at radius 3 is 2.27 bits per heavy atom. The average Bonchev–Trinajstić information content (AvgIpc) is 3.31. The molecule has 3 aromatic rings. The van der Waals surface area contributed by atoms with E-state index in [2.05, 4.69) is 29.6 Å². The van der Waals surface area contributed by atoms with Crippen molar-refractivity contribution in [3.05, 3.63) is 94.5 Å². The van der Waals surface area contributed by atoms with E-state index in [0.29, 0.717) is 0 Å². The van der Waals surface area contributed by atoms with E-state index in [-0.39, 0.29) is 24.1 Å². The molecule has 0 heterocycles. The van der Waals surface area contributed by atoms with Crippen molar-refractivity contribution in [3.8, 4) is 11.1 Å². The Morgan fingerprint density at radius 2 is 1.60 bits per heavy atom. The number of aryl methyl sites for hydroxylation is 1. The predicted octanol–water partition coefficient (Wildman–Crippen LogP) is 4.91. The lowest BCUT2D eigenvalue weighted by Crippen LogP contribution is -2.29. The molecule has 1 unspecified atom stereocenters. The van der Waals surface area contributed by atoms with Gasteiger partial charge in [-0.15, -0.1) is 0 Å². The van der Waals surface area contributed by atoms with Gasteiger partial charge in [-0.25, -0.2) is 9.59 Å². The largest absolute Gasteiger partial charge is 0.478 e. The number of alkyl carbamates (subject to hydrolysis) is 1. The lowest BCUT2D eigenvalue weighted by atomic mass is 9.98. The molecule has 3 aromatic carbocycles. The Hall–Kier alpha value is -3.60. The van der Waals surface area contributed by atoms with Gasteiger partial charge in [0.25, 0.3) is 0 Å². The maximum atomic E-state index is 12.5. The summed E-state index contributed by atoms with van der Waals surface area (Å²) < 4.78 is 5.63. The second-order valence-corrected chi connectivity index (χ2v) is 7.78. The van der Waals surface area contributed by atoms with Crippen LogP contribution in [-0.4, -0.2) is 23.8 Å². The minimum atomic E-state index is -0.939. The van der Waals surface area contributed by atoms with Crippen LogP contribution in [0.5, 0.6) is 0 Å². The molecule has 5 nitrogen and oxygen atoms in total. The number of carbonyl (C=O) groups excluding carboxylic acids is 1. The third-order valence-corrected chi connectivity index (χ3v) is 6.10. The number of hydrogen-bond donors (Lipinski definition) is 2. The smallest absolute Gasteiger partial charge is 0.407 e. The highest BCUT2D eigenvalue weighted by molar-refractivity contribution is 5.88. The fraction of sp³-hybridized carbons (Fsp3) is 0.200. The first-order chi connectivity index (χ1) is 14.6. The molecule has 150 valence electrons. The molecule has 0 aromatic heterocycles. The van der Waals surface area contributed by atoms with Crippen LogP contribution in [0.3, 0.4) is 0 Å². The van der Waals surface area contributed by atoms with Crippen molar-refractivity contribution in [1.82, 2.24) is 5.32 Å². The second kappa shape index (κ2) is 7.34. The maximum absolute atomic E-state index is 12.5. The molecule has 2 N–H and O–H groups in total. The summed E-state index contributed by atoms with van der Waals surface area (Å²) in [6.45, 7) is 0.275. The van der Waals surface area contributed by atoms with Crippen molar-refractivity contribution in [2.75, 3.05) is 6.61 Å². The molecule has 0 saturated carbocycles. The first-order valence-electron chi connectivity index (χ1n) is 10.1. The van der Waals surface area contributed by atoms with Gasteiger partial charge in [0.15, 0.2) is 0 Å². The SMILES string of the molecule is O=C(NC1CCc2cc(C(=O)O)ccc21)OCC1c2ccccc2-c2ccccc21. The van der Waals surface area contributed by atoms with E-state index in [0.717, 1.165) is 24.0 Å². The molecule has 0 spiro atoms. The van der Waals surface area contributed by atoms with Crippen LogP contribution < -0.4 is 5.32 Å². The lowest BCUT2D eigenvalue weighted by Gasteiger charge is -2.17. The summed E-state index contributed by atoms with van der Waals surface area (Å²) in [6, 6.07) is 21.4. The molecular weight excluding hydrogens is 378 g/mol. The first-order valence-corrected chi connectivity index (χ1v) is 10.1. The number of carboxylic acid groups (broad SMARTS) is 1. The summed E-state index contributed by atoms with van der Waals surface area (Å²) in [5.74, 6) is -0.914. The third kappa shape index (κ3) is 3.12. The van der Waals surface area contributed by atoms with E-state index >= 15 is 0 Å². The molecule has 0 aliphatic heterocycles. The molecule has 1 atom stereocenters. The molecule has 2 aliphatic rings. The minimum absolute atomic E-state index is 0.0251. The van der Waals surface area contributed by atoms with Gasteiger partial charge >= 0.3 is 12.1 Å². The number of nitrogens with one attached hydrogen (secondary N) is 1. The van der Waals surface area contributed by atoms with Gasteiger partial charge in [-0.05, 0) is 58.4 Å². The quantitative estimate of drug-likeness (QED) is 0.654. The molecule has 0 saturated heterocycles. The zero-order valence-corrected chi connectivity index (χ0v) is 16.3. The number of aromatic carboxylic acids is 1. The molecular formula is C25H21NO4. The highest BCUT2D eigenvalue weighted by atomic mass is 16.5. The van der Waals surface area contributed by atoms with Crippen LogP contribution >= 0.6 is 0 Å². The Balaban J connectivity index is 1.28. The number of rotatable bonds is 4. The van der Waals surface area contributed by atoms with Gasteiger partial charge in [0.2, 0.25) is 0 Å². The number of carbonyl (C=O) groups is 2. The molecule has 1 amide bonds. The third-order valence-electron chi connectivity index (χ3n) is 6.10. The van der Waals surface area contributed by atoms with Crippen LogP contribution in [0.1, 0.15) is 51.0 Å². The topological polar surface area (TPSA) is 75.6 Å². The van der Waals surface area contributed by atoms with Crippen LogP contribution in [0.25, 0.3) is 11.1 Å². The first kappa shape index (κ1) is 18.4. The monoisotopic (exact) mass is 399 g/mol. The maximum Gasteiger partial charge on any atom is 0.407 e. The molecule has 0 fully saturated rings. The summed E-state index contributed by atoms with van der Waals surface area (Å²) in [5.41, 5.74) is 6.96. The van der Waals surface area contributed by atoms with E-state index in [4.69, 9.17) is 9.84 Å². The predicted molar refractivity (Wildman–Crippen MR) is 113 cm³/mol. The van der Waals surface area contributed by atoms with E-state index < -0.39 is 12.1 Å². The van der Waals surface area contributed by atoms with Crippen molar-refractivity contribution in [3.63, 3.8) is 0 Å². The summed E-state index contributed by atoms with van der Waals surface area (Å²) in [6.07, 6.45) is 1.03. The van der Waals surface area contributed by atoms with Crippen LogP contribution in [0.2, 0.25) is 0 Å². The number of fused-ring (bicyclic) bond motifs is 4.